The quantitative estimate of drug-likeness (QED) is 0.855. The van der Waals surface area contributed by atoms with E-state index in [2.05, 4.69) is 15.0 Å². The van der Waals surface area contributed by atoms with Crippen LogP contribution in [0.5, 0.6) is 0 Å². The Labute approximate surface area is 111 Å². The van der Waals surface area contributed by atoms with E-state index >= 15 is 0 Å². The first-order valence-corrected chi connectivity index (χ1v) is 6.97. The van der Waals surface area contributed by atoms with Gasteiger partial charge >= 0.3 is 0 Å². The Morgan fingerprint density at radius 2 is 2.05 bits per heavy atom. The van der Waals surface area contributed by atoms with Gasteiger partial charge in [0.2, 0.25) is 10.0 Å². The van der Waals surface area contributed by atoms with Crippen molar-refractivity contribution in [2.24, 2.45) is 5.14 Å². The summed E-state index contributed by atoms with van der Waals surface area (Å²) in [5.41, 5.74) is 0.705. The lowest BCUT2D eigenvalue weighted by molar-refractivity contribution is 0.597. The molecule has 0 aliphatic carbocycles. The van der Waals surface area contributed by atoms with Crippen LogP contribution in [-0.2, 0) is 16.6 Å². The van der Waals surface area contributed by atoms with E-state index in [9.17, 15) is 8.42 Å². The molecule has 2 rings (SSSR count). The van der Waals surface area contributed by atoms with Crippen LogP contribution in [0.1, 0.15) is 5.69 Å². The van der Waals surface area contributed by atoms with Crippen LogP contribution < -0.4 is 10.0 Å². The second-order valence-electron chi connectivity index (χ2n) is 3.92. The van der Waals surface area contributed by atoms with Gasteiger partial charge in [-0.1, -0.05) is 0 Å². The third-order valence-electron chi connectivity index (χ3n) is 2.43. The van der Waals surface area contributed by atoms with Crippen molar-refractivity contribution in [3.05, 3.63) is 42.6 Å². The van der Waals surface area contributed by atoms with Crippen molar-refractivity contribution in [3.63, 3.8) is 0 Å². The van der Waals surface area contributed by atoms with Crippen LogP contribution in [0.4, 0.5) is 5.82 Å². The number of hydrogen-bond acceptors (Lipinski definition) is 6. The third kappa shape index (κ3) is 3.24. The van der Waals surface area contributed by atoms with Gasteiger partial charge in [-0.15, -0.1) is 0 Å². The molecule has 8 heteroatoms. The molecule has 0 aliphatic rings. The molecular formula is C11H13N5O2S. The van der Waals surface area contributed by atoms with Gasteiger partial charge in [-0.05, 0) is 12.1 Å². The van der Waals surface area contributed by atoms with E-state index in [1.165, 1.54) is 18.3 Å². The maximum Gasteiger partial charge on any atom is 0.241 e. The summed E-state index contributed by atoms with van der Waals surface area (Å²) in [6, 6.07) is 2.95. The Morgan fingerprint density at radius 3 is 2.68 bits per heavy atom. The summed E-state index contributed by atoms with van der Waals surface area (Å²) in [6.45, 7) is 0.382. The fourth-order valence-corrected chi connectivity index (χ4v) is 2.35. The summed E-state index contributed by atoms with van der Waals surface area (Å²) >= 11 is 0. The topological polar surface area (TPSA) is 102 Å². The Bertz CT molecular complexity index is 660. The highest BCUT2D eigenvalue weighted by Crippen LogP contribution is 2.20. The smallest absolute Gasteiger partial charge is 0.241 e. The number of pyridine rings is 1. The summed E-state index contributed by atoms with van der Waals surface area (Å²) in [6.07, 6.45) is 6.26. The lowest BCUT2D eigenvalue weighted by atomic mass is 10.4. The van der Waals surface area contributed by atoms with Gasteiger partial charge in [-0.2, -0.15) is 0 Å². The first-order valence-electron chi connectivity index (χ1n) is 5.42. The van der Waals surface area contributed by atoms with E-state index in [1.54, 1.807) is 30.5 Å². The zero-order valence-electron chi connectivity index (χ0n) is 10.3. The first kappa shape index (κ1) is 13.4. The minimum Gasteiger partial charge on any atom is -0.353 e. The maximum absolute atomic E-state index is 11.5. The number of hydrogen-bond donors (Lipinski definition) is 1. The van der Waals surface area contributed by atoms with Gasteiger partial charge in [0.15, 0.2) is 0 Å². The summed E-state index contributed by atoms with van der Waals surface area (Å²) in [5, 5.41) is 5.17. The van der Waals surface area contributed by atoms with E-state index < -0.39 is 10.0 Å². The molecule has 0 aliphatic heterocycles. The molecule has 0 saturated carbocycles. The number of aromatic nitrogens is 3. The molecule has 0 amide bonds. The van der Waals surface area contributed by atoms with Crippen molar-refractivity contribution < 1.29 is 8.42 Å². The minimum atomic E-state index is -3.81. The summed E-state index contributed by atoms with van der Waals surface area (Å²) in [7, 11) is -2.10. The Balaban J connectivity index is 2.32. The molecule has 0 fully saturated rings. The van der Waals surface area contributed by atoms with Crippen LogP contribution in [0.2, 0.25) is 0 Å². The van der Waals surface area contributed by atoms with Crippen molar-refractivity contribution in [1.29, 1.82) is 0 Å². The van der Waals surface area contributed by atoms with Crippen molar-refractivity contribution in [2.45, 2.75) is 11.4 Å². The fraction of sp³-hybridized carbons (Fsp3) is 0.182. The molecule has 0 spiro atoms. The van der Waals surface area contributed by atoms with Gasteiger partial charge in [0.1, 0.15) is 10.7 Å². The summed E-state index contributed by atoms with van der Waals surface area (Å²) < 4.78 is 23.0. The van der Waals surface area contributed by atoms with Crippen LogP contribution in [-0.4, -0.2) is 30.4 Å². The molecule has 0 bridgehead atoms. The molecule has 2 N–H and O–H groups in total. The second-order valence-corrected chi connectivity index (χ2v) is 5.45. The van der Waals surface area contributed by atoms with E-state index in [-0.39, 0.29) is 10.7 Å². The van der Waals surface area contributed by atoms with E-state index in [4.69, 9.17) is 5.14 Å². The predicted octanol–water partition coefficient (Wildman–Crippen LogP) is 0.155. The van der Waals surface area contributed by atoms with Crippen molar-refractivity contribution in [3.8, 4) is 0 Å². The molecule has 100 valence electrons. The van der Waals surface area contributed by atoms with Crippen molar-refractivity contribution in [2.75, 3.05) is 11.9 Å². The first-order chi connectivity index (χ1) is 8.98. The second kappa shape index (κ2) is 5.29. The highest BCUT2D eigenvalue weighted by molar-refractivity contribution is 7.89. The van der Waals surface area contributed by atoms with Crippen LogP contribution in [0, 0.1) is 0 Å². The highest BCUT2D eigenvalue weighted by Gasteiger charge is 2.17. The monoisotopic (exact) mass is 279 g/mol. The number of rotatable bonds is 4. The van der Waals surface area contributed by atoms with Crippen LogP contribution in [0.25, 0.3) is 0 Å². The predicted molar refractivity (Wildman–Crippen MR) is 69.7 cm³/mol. The standard InChI is InChI=1S/C11H13N5O2S/c1-16(8-9-7-13-5-6-14-9)11-10(19(12,17)18)3-2-4-15-11/h2-7H,8H2,1H3,(H2,12,17,18). The van der Waals surface area contributed by atoms with Gasteiger partial charge < -0.3 is 4.90 Å². The number of primary sulfonamides is 1. The summed E-state index contributed by atoms with van der Waals surface area (Å²) in [4.78, 5) is 13.8. The van der Waals surface area contributed by atoms with Gasteiger partial charge in [0.25, 0.3) is 0 Å². The van der Waals surface area contributed by atoms with E-state index in [0.717, 1.165) is 0 Å². The number of anilines is 1. The molecular weight excluding hydrogens is 266 g/mol. The van der Waals surface area contributed by atoms with Gasteiger partial charge in [-0.25, -0.2) is 18.5 Å². The third-order valence-corrected chi connectivity index (χ3v) is 3.37. The van der Waals surface area contributed by atoms with Crippen LogP contribution >= 0.6 is 0 Å². The maximum atomic E-state index is 11.5. The minimum absolute atomic E-state index is 0.0126. The molecule has 0 unspecified atom stereocenters. The SMILES string of the molecule is CN(Cc1cnccn1)c1ncccc1S(N)(=O)=O. The van der Waals surface area contributed by atoms with E-state index in [0.29, 0.717) is 12.2 Å². The summed E-state index contributed by atoms with van der Waals surface area (Å²) in [5.74, 6) is 0.288. The van der Waals surface area contributed by atoms with Gasteiger partial charge in [0.05, 0.1) is 18.4 Å². The zero-order chi connectivity index (χ0) is 13.9. The van der Waals surface area contributed by atoms with Crippen LogP contribution in [0.15, 0.2) is 41.8 Å². The Morgan fingerprint density at radius 1 is 1.26 bits per heavy atom. The van der Waals surface area contributed by atoms with Crippen molar-refractivity contribution >= 4 is 15.8 Å². The molecule has 0 saturated heterocycles. The number of sulfonamides is 1. The molecule has 0 radical (unpaired) electrons. The fourth-order valence-electron chi connectivity index (χ4n) is 1.62. The molecule has 19 heavy (non-hydrogen) atoms. The lowest BCUT2D eigenvalue weighted by Crippen LogP contribution is -2.23. The average molecular weight is 279 g/mol. The Kier molecular flexibility index (Phi) is 3.72. The van der Waals surface area contributed by atoms with Gasteiger partial charge in [0, 0.05) is 25.6 Å². The number of nitrogens with zero attached hydrogens (tertiary/aromatic N) is 4. The molecule has 2 heterocycles. The number of nitrogens with two attached hydrogens (primary N) is 1. The normalized spacial score (nSPS) is 11.3. The average Bonchev–Trinajstić information content (AvgIpc) is 2.39. The molecule has 2 aromatic heterocycles. The van der Waals surface area contributed by atoms with E-state index in [1.807, 2.05) is 0 Å². The van der Waals surface area contributed by atoms with Crippen LogP contribution in [0.3, 0.4) is 0 Å². The largest absolute Gasteiger partial charge is 0.353 e. The zero-order valence-corrected chi connectivity index (χ0v) is 11.1. The molecule has 0 aromatic carbocycles. The highest BCUT2D eigenvalue weighted by atomic mass is 32.2. The molecule has 0 atom stereocenters. The van der Waals surface area contributed by atoms with Crippen molar-refractivity contribution in [1.82, 2.24) is 15.0 Å². The Hall–Kier alpha value is -2.06. The molecule has 7 nitrogen and oxygen atoms in total. The van der Waals surface area contributed by atoms with Gasteiger partial charge in [-0.3, -0.25) is 9.97 Å². The lowest BCUT2D eigenvalue weighted by Gasteiger charge is -2.19. The molecule has 2 aromatic rings.